The van der Waals surface area contributed by atoms with Crippen LogP contribution in [0, 0.1) is 0 Å². The molecule has 0 saturated heterocycles. The molecule has 3 aliphatic rings. The zero-order valence-electron chi connectivity index (χ0n) is 18.9. The van der Waals surface area contributed by atoms with E-state index in [4.69, 9.17) is 23.7 Å². The molecule has 3 aliphatic heterocycles. The van der Waals surface area contributed by atoms with E-state index in [1.807, 2.05) is 65.6 Å². The highest BCUT2D eigenvalue weighted by atomic mass is 16.6. The molecule has 1 amide bonds. The summed E-state index contributed by atoms with van der Waals surface area (Å²) < 4.78 is 28.3. The number of benzene rings is 3. The highest BCUT2D eigenvalue weighted by Crippen LogP contribution is 2.55. The van der Waals surface area contributed by atoms with E-state index in [2.05, 4.69) is 0 Å². The molecular formula is C27H25NO6. The number of nitrogens with zero attached hydrogens (tertiary/aromatic N) is 1. The van der Waals surface area contributed by atoms with Crippen molar-refractivity contribution in [2.75, 3.05) is 45.0 Å². The van der Waals surface area contributed by atoms with Crippen LogP contribution in [0.1, 0.15) is 16.7 Å². The summed E-state index contributed by atoms with van der Waals surface area (Å²) in [5.41, 5.74) is 2.80. The summed E-state index contributed by atoms with van der Waals surface area (Å²) in [5.74, 6) is 2.76. The predicted molar refractivity (Wildman–Crippen MR) is 125 cm³/mol. The van der Waals surface area contributed by atoms with Gasteiger partial charge in [0.15, 0.2) is 11.5 Å². The van der Waals surface area contributed by atoms with Gasteiger partial charge in [-0.2, -0.15) is 0 Å². The Hall–Kier alpha value is -3.71. The van der Waals surface area contributed by atoms with Crippen LogP contribution in [-0.4, -0.2) is 46.1 Å². The van der Waals surface area contributed by atoms with E-state index in [9.17, 15) is 4.79 Å². The lowest BCUT2D eigenvalue weighted by Crippen LogP contribution is -2.42. The molecule has 7 nitrogen and oxygen atoms in total. The number of hydrogen-bond acceptors (Lipinski definition) is 6. The SMILES string of the molecule is COCCOc1ccc(CN2C(=O)C3(COc4cc5c(cc43)OCCO5)c3ccccc32)cc1. The Balaban J connectivity index is 1.34. The standard InChI is InChI=1S/C27H25NO6/c1-30-10-11-31-19-8-6-18(7-9-19)16-28-22-5-3-2-4-20(22)27(26(28)29)17-34-23-15-25-24(14-21(23)27)32-12-13-33-25/h2-9,14-15H,10-13,16-17H2,1H3. The van der Waals surface area contributed by atoms with Crippen molar-refractivity contribution in [3.05, 3.63) is 77.4 Å². The summed E-state index contributed by atoms with van der Waals surface area (Å²) >= 11 is 0. The Bertz CT molecular complexity index is 1240. The molecule has 0 fully saturated rings. The van der Waals surface area contributed by atoms with Crippen molar-refractivity contribution in [3.8, 4) is 23.0 Å². The topological polar surface area (TPSA) is 66.5 Å². The number of amides is 1. The molecule has 0 N–H and O–H groups in total. The fourth-order valence-electron chi connectivity index (χ4n) is 4.98. The highest BCUT2D eigenvalue weighted by Gasteiger charge is 2.57. The molecule has 0 saturated carbocycles. The quantitative estimate of drug-likeness (QED) is 0.524. The number of fused-ring (bicyclic) bond motifs is 5. The van der Waals surface area contributed by atoms with E-state index < -0.39 is 5.41 Å². The van der Waals surface area contributed by atoms with Gasteiger partial charge in [-0.05, 0) is 35.4 Å². The number of methoxy groups -OCH3 is 1. The zero-order chi connectivity index (χ0) is 23.1. The molecule has 3 aromatic rings. The number of hydrogen-bond donors (Lipinski definition) is 0. The molecule has 0 aliphatic carbocycles. The van der Waals surface area contributed by atoms with E-state index in [1.165, 1.54) is 0 Å². The van der Waals surface area contributed by atoms with Crippen molar-refractivity contribution in [1.82, 2.24) is 0 Å². The lowest BCUT2D eigenvalue weighted by Gasteiger charge is -2.24. The van der Waals surface area contributed by atoms with Gasteiger partial charge in [-0.25, -0.2) is 0 Å². The minimum Gasteiger partial charge on any atom is -0.491 e. The predicted octanol–water partition coefficient (Wildman–Crippen LogP) is 3.71. The number of ether oxygens (including phenoxy) is 5. The minimum atomic E-state index is -0.898. The van der Waals surface area contributed by atoms with Crippen LogP contribution >= 0.6 is 0 Å². The molecule has 1 unspecified atom stereocenters. The van der Waals surface area contributed by atoms with E-state index in [0.29, 0.717) is 50.2 Å². The summed E-state index contributed by atoms with van der Waals surface area (Å²) in [6.45, 7) is 2.73. The minimum absolute atomic E-state index is 0.00421. The maximum absolute atomic E-state index is 14.1. The van der Waals surface area contributed by atoms with E-state index in [0.717, 1.165) is 28.1 Å². The van der Waals surface area contributed by atoms with Gasteiger partial charge in [0.1, 0.15) is 43.3 Å². The van der Waals surface area contributed by atoms with Crippen molar-refractivity contribution in [2.24, 2.45) is 0 Å². The first-order valence-electron chi connectivity index (χ1n) is 11.4. The number of para-hydroxylation sites is 1. The summed E-state index contributed by atoms with van der Waals surface area (Å²) in [7, 11) is 1.65. The van der Waals surface area contributed by atoms with Gasteiger partial charge in [0.25, 0.3) is 0 Å². The van der Waals surface area contributed by atoms with Crippen LogP contribution in [0.4, 0.5) is 5.69 Å². The van der Waals surface area contributed by atoms with Crippen molar-refractivity contribution in [1.29, 1.82) is 0 Å². The van der Waals surface area contributed by atoms with Gasteiger partial charge in [0, 0.05) is 24.4 Å². The van der Waals surface area contributed by atoms with Crippen LogP contribution in [0.2, 0.25) is 0 Å². The molecule has 0 radical (unpaired) electrons. The Labute approximate surface area is 197 Å². The molecule has 0 aromatic heterocycles. The molecule has 34 heavy (non-hydrogen) atoms. The molecule has 7 heteroatoms. The average Bonchev–Trinajstić information content (AvgIpc) is 3.36. The Morgan fingerprint density at radius 1 is 0.882 bits per heavy atom. The van der Waals surface area contributed by atoms with Crippen LogP contribution in [0.15, 0.2) is 60.7 Å². The molecule has 1 spiro atoms. The van der Waals surface area contributed by atoms with Crippen LogP contribution < -0.4 is 23.8 Å². The Morgan fingerprint density at radius 3 is 2.44 bits per heavy atom. The maximum atomic E-state index is 14.1. The normalized spacial score (nSPS) is 19.7. The van der Waals surface area contributed by atoms with E-state index in [1.54, 1.807) is 7.11 Å². The zero-order valence-corrected chi connectivity index (χ0v) is 18.9. The summed E-state index contributed by atoms with van der Waals surface area (Å²) in [6, 6.07) is 19.5. The van der Waals surface area contributed by atoms with Crippen LogP contribution in [0.25, 0.3) is 0 Å². The lowest BCUT2D eigenvalue weighted by molar-refractivity contribution is -0.122. The molecule has 1 atom stereocenters. The van der Waals surface area contributed by atoms with Crippen LogP contribution in [0.3, 0.4) is 0 Å². The van der Waals surface area contributed by atoms with Crippen LogP contribution in [0.5, 0.6) is 23.0 Å². The largest absolute Gasteiger partial charge is 0.491 e. The second-order valence-corrected chi connectivity index (χ2v) is 8.58. The van der Waals surface area contributed by atoms with E-state index in [-0.39, 0.29) is 12.5 Å². The second kappa shape index (κ2) is 8.25. The number of carbonyl (C=O) groups is 1. The van der Waals surface area contributed by atoms with Crippen molar-refractivity contribution in [2.45, 2.75) is 12.0 Å². The van der Waals surface area contributed by atoms with Gasteiger partial charge >= 0.3 is 0 Å². The maximum Gasteiger partial charge on any atom is 0.246 e. The smallest absolute Gasteiger partial charge is 0.246 e. The third-order valence-corrected chi connectivity index (χ3v) is 6.63. The fourth-order valence-corrected chi connectivity index (χ4v) is 4.98. The van der Waals surface area contributed by atoms with Gasteiger partial charge < -0.3 is 28.6 Å². The van der Waals surface area contributed by atoms with Crippen molar-refractivity contribution in [3.63, 3.8) is 0 Å². The molecule has 3 aromatic carbocycles. The van der Waals surface area contributed by atoms with Crippen molar-refractivity contribution >= 4 is 11.6 Å². The monoisotopic (exact) mass is 459 g/mol. The number of carbonyl (C=O) groups excluding carboxylic acids is 1. The van der Waals surface area contributed by atoms with Gasteiger partial charge in [-0.15, -0.1) is 0 Å². The van der Waals surface area contributed by atoms with Gasteiger partial charge in [0.05, 0.1) is 13.2 Å². The first kappa shape index (κ1) is 20.9. The first-order valence-corrected chi connectivity index (χ1v) is 11.4. The number of rotatable bonds is 6. The summed E-state index contributed by atoms with van der Waals surface area (Å²) in [5, 5.41) is 0. The van der Waals surface area contributed by atoms with Gasteiger partial charge in [0.2, 0.25) is 5.91 Å². The van der Waals surface area contributed by atoms with Crippen molar-refractivity contribution < 1.29 is 28.5 Å². The highest BCUT2D eigenvalue weighted by molar-refractivity contribution is 6.11. The fraction of sp³-hybridized carbons (Fsp3) is 0.296. The second-order valence-electron chi connectivity index (χ2n) is 8.58. The number of anilines is 1. The Morgan fingerprint density at radius 2 is 1.65 bits per heavy atom. The summed E-state index contributed by atoms with van der Waals surface area (Å²) in [4.78, 5) is 16.0. The third kappa shape index (κ3) is 3.19. The van der Waals surface area contributed by atoms with Crippen LogP contribution in [-0.2, 0) is 21.5 Å². The molecular weight excluding hydrogens is 434 g/mol. The molecule has 3 heterocycles. The molecule has 6 rings (SSSR count). The molecule has 174 valence electrons. The van der Waals surface area contributed by atoms with Gasteiger partial charge in [-0.3, -0.25) is 4.79 Å². The Kier molecular flexibility index (Phi) is 5.07. The average molecular weight is 459 g/mol. The lowest BCUT2D eigenvalue weighted by atomic mass is 9.77. The summed E-state index contributed by atoms with van der Waals surface area (Å²) in [6.07, 6.45) is 0. The first-order chi connectivity index (χ1) is 16.7. The van der Waals surface area contributed by atoms with E-state index >= 15 is 0 Å². The molecule has 0 bridgehead atoms. The third-order valence-electron chi connectivity index (χ3n) is 6.63. The van der Waals surface area contributed by atoms with Gasteiger partial charge in [-0.1, -0.05) is 30.3 Å².